The molecule has 2 aliphatic rings. The Kier molecular flexibility index (Phi) is 4.28. The van der Waals surface area contributed by atoms with Gasteiger partial charge in [0.15, 0.2) is 5.75 Å². The summed E-state index contributed by atoms with van der Waals surface area (Å²) in [7, 11) is 1.77. The Bertz CT molecular complexity index is 1250. The van der Waals surface area contributed by atoms with Crippen molar-refractivity contribution in [2.24, 2.45) is 7.05 Å². The summed E-state index contributed by atoms with van der Waals surface area (Å²) in [5, 5.41) is 2.02. The summed E-state index contributed by atoms with van der Waals surface area (Å²) in [6, 6.07) is 5.49. The molecule has 3 aromatic rings. The first-order valence-corrected chi connectivity index (χ1v) is 10.5. The summed E-state index contributed by atoms with van der Waals surface area (Å²) in [4.78, 5) is 28.0. The van der Waals surface area contributed by atoms with Gasteiger partial charge in [0.2, 0.25) is 0 Å². The van der Waals surface area contributed by atoms with Gasteiger partial charge in [-0.05, 0) is 57.0 Å². The minimum atomic E-state index is -0.0637. The number of pyridine rings is 2. The van der Waals surface area contributed by atoms with Crippen molar-refractivity contribution >= 4 is 21.8 Å². The number of benzene rings is 1. The smallest absolute Gasteiger partial charge is 0.251 e. The zero-order chi connectivity index (χ0) is 20.3. The third kappa shape index (κ3) is 2.81. The molecule has 5 rings (SSSR count). The van der Waals surface area contributed by atoms with E-state index in [4.69, 9.17) is 4.74 Å². The second-order valence-electron chi connectivity index (χ2n) is 8.58. The predicted octanol–water partition coefficient (Wildman–Crippen LogP) is 2.89. The third-order valence-corrected chi connectivity index (χ3v) is 6.61. The first-order valence-electron chi connectivity index (χ1n) is 10.5. The molecule has 0 aliphatic carbocycles. The van der Waals surface area contributed by atoms with Crippen LogP contribution in [0.4, 0.5) is 0 Å². The maximum atomic E-state index is 13.1. The van der Waals surface area contributed by atoms with Gasteiger partial charge in [0.05, 0.1) is 17.1 Å². The SMILES string of the molecule is Cc1cc(=O)n(C)c2c3c4c(cc12)c(C)cc(=O)n4[C@@H](CN1CCCCC1)CO3. The van der Waals surface area contributed by atoms with Gasteiger partial charge in [-0.15, -0.1) is 0 Å². The van der Waals surface area contributed by atoms with Crippen LogP contribution in [0.2, 0.25) is 0 Å². The molecule has 0 spiro atoms. The van der Waals surface area contributed by atoms with E-state index in [0.29, 0.717) is 12.4 Å². The van der Waals surface area contributed by atoms with Crippen molar-refractivity contribution in [1.82, 2.24) is 14.0 Å². The molecule has 1 aromatic carbocycles. The number of rotatable bonds is 2. The molecule has 1 atom stereocenters. The summed E-state index contributed by atoms with van der Waals surface area (Å²) in [6.07, 6.45) is 3.72. The molecule has 2 aliphatic heterocycles. The molecule has 4 heterocycles. The number of nitrogens with zero attached hydrogens (tertiary/aromatic N) is 3. The van der Waals surface area contributed by atoms with E-state index < -0.39 is 0 Å². The molecule has 6 heteroatoms. The molecule has 6 nitrogen and oxygen atoms in total. The highest BCUT2D eigenvalue weighted by Gasteiger charge is 2.29. The monoisotopic (exact) mass is 393 g/mol. The first-order chi connectivity index (χ1) is 14.0. The molecule has 2 aromatic heterocycles. The zero-order valence-electron chi connectivity index (χ0n) is 17.3. The summed E-state index contributed by atoms with van der Waals surface area (Å²) in [6.45, 7) is 7.36. The topological polar surface area (TPSA) is 56.5 Å². The molecule has 1 saturated heterocycles. The quantitative estimate of drug-likeness (QED) is 0.628. The Morgan fingerprint density at radius 2 is 1.59 bits per heavy atom. The van der Waals surface area contributed by atoms with E-state index in [1.807, 2.05) is 18.4 Å². The van der Waals surface area contributed by atoms with Crippen LogP contribution in [0.25, 0.3) is 21.8 Å². The predicted molar refractivity (Wildman–Crippen MR) is 115 cm³/mol. The summed E-state index contributed by atoms with van der Waals surface area (Å²) in [5.74, 6) is 0.663. The lowest BCUT2D eigenvalue weighted by atomic mass is 10.0. The van der Waals surface area contributed by atoms with Crippen LogP contribution in [0.15, 0.2) is 27.8 Å². The van der Waals surface area contributed by atoms with Crippen LogP contribution < -0.4 is 15.9 Å². The third-order valence-electron chi connectivity index (χ3n) is 6.61. The number of piperidine rings is 1. The van der Waals surface area contributed by atoms with Gasteiger partial charge in [0, 0.05) is 36.5 Å². The van der Waals surface area contributed by atoms with Crippen LogP contribution in [0, 0.1) is 13.8 Å². The highest BCUT2D eigenvalue weighted by atomic mass is 16.5. The Labute approximate surface area is 169 Å². The van der Waals surface area contributed by atoms with Gasteiger partial charge in [-0.25, -0.2) is 0 Å². The number of aryl methyl sites for hydroxylation is 3. The van der Waals surface area contributed by atoms with E-state index >= 15 is 0 Å². The number of fused-ring (bicyclic) bond motifs is 2. The van der Waals surface area contributed by atoms with Crippen molar-refractivity contribution in [2.75, 3.05) is 26.2 Å². The average molecular weight is 393 g/mol. The van der Waals surface area contributed by atoms with Gasteiger partial charge in [0.25, 0.3) is 11.1 Å². The van der Waals surface area contributed by atoms with Crippen LogP contribution in [-0.4, -0.2) is 40.3 Å². The molecule has 0 bridgehead atoms. The number of hydrogen-bond donors (Lipinski definition) is 0. The zero-order valence-corrected chi connectivity index (χ0v) is 17.3. The van der Waals surface area contributed by atoms with Gasteiger partial charge >= 0.3 is 0 Å². The lowest BCUT2D eigenvalue weighted by Crippen LogP contribution is -2.42. The second-order valence-corrected chi connectivity index (χ2v) is 8.58. The van der Waals surface area contributed by atoms with Gasteiger partial charge in [0.1, 0.15) is 6.61 Å². The molecule has 0 N–H and O–H groups in total. The molecular weight excluding hydrogens is 366 g/mol. The fourth-order valence-corrected chi connectivity index (χ4v) is 5.05. The normalized spacial score (nSPS) is 19.6. The highest BCUT2D eigenvalue weighted by Crippen LogP contribution is 2.39. The molecule has 0 amide bonds. The van der Waals surface area contributed by atoms with Crippen molar-refractivity contribution in [1.29, 1.82) is 0 Å². The minimum Gasteiger partial charge on any atom is -0.487 e. The number of ether oxygens (including phenoxy) is 1. The van der Waals surface area contributed by atoms with Crippen molar-refractivity contribution < 1.29 is 4.74 Å². The van der Waals surface area contributed by atoms with Crippen LogP contribution in [0.3, 0.4) is 0 Å². The number of hydrogen-bond acceptors (Lipinski definition) is 4. The maximum absolute atomic E-state index is 13.1. The molecule has 29 heavy (non-hydrogen) atoms. The van der Waals surface area contributed by atoms with Gasteiger partial charge in [-0.1, -0.05) is 6.42 Å². The molecule has 152 valence electrons. The fraction of sp³-hybridized carbons (Fsp3) is 0.478. The van der Waals surface area contributed by atoms with Crippen molar-refractivity contribution in [2.45, 2.75) is 39.2 Å². The van der Waals surface area contributed by atoms with Crippen LogP contribution >= 0.6 is 0 Å². The molecule has 0 saturated carbocycles. The molecule has 0 unspecified atom stereocenters. The summed E-state index contributed by atoms with van der Waals surface area (Å²) in [5.41, 5.74) is 3.43. The summed E-state index contributed by atoms with van der Waals surface area (Å²) < 4.78 is 9.87. The number of likely N-dealkylation sites (tertiary alicyclic amines) is 1. The van der Waals surface area contributed by atoms with Gasteiger partial charge in [-0.2, -0.15) is 0 Å². The van der Waals surface area contributed by atoms with E-state index in [1.165, 1.54) is 19.3 Å². The maximum Gasteiger partial charge on any atom is 0.251 e. The highest BCUT2D eigenvalue weighted by molar-refractivity contribution is 6.04. The second kappa shape index (κ2) is 6.73. The van der Waals surface area contributed by atoms with Gasteiger partial charge in [-0.3, -0.25) is 14.2 Å². The van der Waals surface area contributed by atoms with Crippen LogP contribution in [-0.2, 0) is 7.05 Å². The Balaban J connectivity index is 1.80. The van der Waals surface area contributed by atoms with E-state index in [9.17, 15) is 9.59 Å². The molecule has 1 fully saturated rings. The lowest BCUT2D eigenvalue weighted by Gasteiger charge is -2.35. The Hall–Kier alpha value is -2.60. The van der Waals surface area contributed by atoms with Crippen LogP contribution in [0.1, 0.15) is 36.4 Å². The van der Waals surface area contributed by atoms with Crippen molar-refractivity contribution in [3.8, 4) is 5.75 Å². The van der Waals surface area contributed by atoms with E-state index in [0.717, 1.165) is 52.6 Å². The first kappa shape index (κ1) is 18.4. The van der Waals surface area contributed by atoms with E-state index in [-0.39, 0.29) is 17.2 Å². The summed E-state index contributed by atoms with van der Waals surface area (Å²) >= 11 is 0. The lowest BCUT2D eigenvalue weighted by molar-refractivity contribution is 0.152. The van der Waals surface area contributed by atoms with Crippen molar-refractivity contribution in [3.63, 3.8) is 0 Å². The fourth-order valence-electron chi connectivity index (χ4n) is 5.05. The largest absolute Gasteiger partial charge is 0.487 e. The van der Waals surface area contributed by atoms with E-state index in [2.05, 4.69) is 11.0 Å². The molecular formula is C23H27N3O3. The minimum absolute atomic E-state index is 0.0126. The standard InChI is InChI=1S/C23H27N3O3/c1-14-9-19(27)24(3)21-17(14)11-18-15(2)10-20(28)26-16(13-29-23(21)22(18)26)12-25-7-5-4-6-8-25/h9-11,16H,4-8,12-13H2,1-3H3/t16-/m0/s1. The van der Waals surface area contributed by atoms with Crippen molar-refractivity contribution in [3.05, 3.63) is 50.0 Å². The van der Waals surface area contributed by atoms with E-state index in [1.54, 1.807) is 23.7 Å². The van der Waals surface area contributed by atoms with Crippen LogP contribution in [0.5, 0.6) is 5.75 Å². The number of aromatic nitrogens is 2. The Morgan fingerprint density at radius 1 is 0.931 bits per heavy atom. The molecule has 0 radical (unpaired) electrons. The van der Waals surface area contributed by atoms with Gasteiger partial charge < -0.3 is 14.2 Å². The average Bonchev–Trinajstić information content (AvgIpc) is 2.70. The Morgan fingerprint density at radius 3 is 2.31 bits per heavy atom.